The Morgan fingerprint density at radius 2 is 2.25 bits per heavy atom. The van der Waals surface area contributed by atoms with Gasteiger partial charge in [0, 0.05) is 11.8 Å². The molecule has 2 rings (SSSR count). The zero-order chi connectivity index (χ0) is 8.55. The lowest BCUT2D eigenvalue weighted by atomic mass is 10.1. The standard InChI is InChI=1S/C9H11N3/c1-6-3-4-8-7(2)11-12-9(8)10-5-6/h3,5H,4H2,1-2H3,(H,11,12). The van der Waals surface area contributed by atoms with E-state index in [2.05, 4.69) is 28.2 Å². The number of aromatic amines is 1. The van der Waals surface area contributed by atoms with Crippen LogP contribution in [0.4, 0.5) is 5.82 Å². The first-order valence-electron chi connectivity index (χ1n) is 4.02. The first-order valence-corrected chi connectivity index (χ1v) is 4.02. The molecule has 0 spiro atoms. The van der Waals surface area contributed by atoms with E-state index in [0.717, 1.165) is 17.9 Å². The fraction of sp³-hybridized carbons (Fsp3) is 0.333. The maximum Gasteiger partial charge on any atom is 0.151 e. The molecular weight excluding hydrogens is 150 g/mol. The topological polar surface area (TPSA) is 41.0 Å². The van der Waals surface area contributed by atoms with Gasteiger partial charge in [-0.3, -0.25) is 5.10 Å². The van der Waals surface area contributed by atoms with E-state index in [4.69, 9.17) is 0 Å². The minimum Gasteiger partial charge on any atom is -0.261 e. The number of allylic oxidation sites excluding steroid dienone is 2. The normalized spacial score (nSPS) is 15.3. The van der Waals surface area contributed by atoms with Crippen molar-refractivity contribution < 1.29 is 0 Å². The molecule has 0 atom stereocenters. The third kappa shape index (κ3) is 1.07. The van der Waals surface area contributed by atoms with E-state index in [1.54, 1.807) is 0 Å². The summed E-state index contributed by atoms with van der Waals surface area (Å²) in [5.41, 5.74) is 3.47. The largest absolute Gasteiger partial charge is 0.261 e. The number of H-pyrrole nitrogens is 1. The zero-order valence-electron chi connectivity index (χ0n) is 7.26. The van der Waals surface area contributed by atoms with Crippen LogP contribution in [-0.4, -0.2) is 16.4 Å². The van der Waals surface area contributed by atoms with Crippen LogP contribution in [0.1, 0.15) is 18.2 Å². The molecule has 3 nitrogen and oxygen atoms in total. The molecule has 0 amide bonds. The highest BCUT2D eigenvalue weighted by Crippen LogP contribution is 2.22. The lowest BCUT2D eigenvalue weighted by Crippen LogP contribution is -1.82. The predicted molar refractivity (Wildman–Crippen MR) is 48.9 cm³/mol. The van der Waals surface area contributed by atoms with E-state index < -0.39 is 0 Å². The van der Waals surface area contributed by atoms with Gasteiger partial charge in [-0.2, -0.15) is 5.10 Å². The number of aryl methyl sites for hydroxylation is 1. The van der Waals surface area contributed by atoms with E-state index in [1.165, 1.54) is 11.1 Å². The number of fused-ring (bicyclic) bond motifs is 1. The molecule has 1 aromatic rings. The van der Waals surface area contributed by atoms with Crippen molar-refractivity contribution in [2.24, 2.45) is 4.99 Å². The SMILES string of the molecule is CC1=CCc2c(C)n[nH]c2N=C1. The van der Waals surface area contributed by atoms with Crippen molar-refractivity contribution in [2.75, 3.05) is 0 Å². The summed E-state index contributed by atoms with van der Waals surface area (Å²) in [5.74, 6) is 0.903. The minimum absolute atomic E-state index is 0.903. The highest BCUT2D eigenvalue weighted by molar-refractivity contribution is 5.81. The van der Waals surface area contributed by atoms with Gasteiger partial charge in [0.25, 0.3) is 0 Å². The molecule has 2 heterocycles. The fourth-order valence-electron chi connectivity index (χ4n) is 1.28. The van der Waals surface area contributed by atoms with Crippen molar-refractivity contribution in [1.29, 1.82) is 0 Å². The monoisotopic (exact) mass is 161 g/mol. The summed E-state index contributed by atoms with van der Waals surface area (Å²) in [7, 11) is 0. The molecule has 0 unspecified atom stereocenters. The summed E-state index contributed by atoms with van der Waals surface area (Å²) in [6, 6.07) is 0. The number of nitrogens with zero attached hydrogens (tertiary/aromatic N) is 2. The number of nitrogens with one attached hydrogen (secondary N) is 1. The van der Waals surface area contributed by atoms with Gasteiger partial charge in [-0.25, -0.2) is 4.99 Å². The highest BCUT2D eigenvalue weighted by Gasteiger charge is 2.08. The van der Waals surface area contributed by atoms with Crippen LogP contribution in [0.25, 0.3) is 0 Å². The van der Waals surface area contributed by atoms with Crippen molar-refractivity contribution in [1.82, 2.24) is 10.2 Å². The lowest BCUT2D eigenvalue weighted by Gasteiger charge is -1.91. The average Bonchev–Trinajstić information content (AvgIpc) is 2.28. The summed E-state index contributed by atoms with van der Waals surface area (Å²) in [5, 5.41) is 7.00. The molecule has 62 valence electrons. The third-order valence-electron chi connectivity index (χ3n) is 2.08. The molecule has 0 aromatic carbocycles. The smallest absolute Gasteiger partial charge is 0.151 e. The second-order valence-corrected chi connectivity index (χ2v) is 3.05. The Balaban J connectivity index is 2.50. The van der Waals surface area contributed by atoms with E-state index >= 15 is 0 Å². The molecule has 1 aromatic heterocycles. The fourth-order valence-corrected chi connectivity index (χ4v) is 1.28. The first-order chi connectivity index (χ1) is 5.77. The van der Waals surface area contributed by atoms with Crippen LogP contribution in [0.3, 0.4) is 0 Å². The predicted octanol–water partition coefficient (Wildman–Crippen LogP) is 1.92. The molecule has 1 aliphatic rings. The Hall–Kier alpha value is -1.38. The minimum atomic E-state index is 0.903. The Bertz CT molecular complexity index is 358. The van der Waals surface area contributed by atoms with Gasteiger partial charge < -0.3 is 0 Å². The summed E-state index contributed by atoms with van der Waals surface area (Å²) in [6.07, 6.45) is 4.96. The number of rotatable bonds is 0. The summed E-state index contributed by atoms with van der Waals surface area (Å²) in [4.78, 5) is 4.28. The summed E-state index contributed by atoms with van der Waals surface area (Å²) >= 11 is 0. The van der Waals surface area contributed by atoms with Gasteiger partial charge in [-0.05, 0) is 25.8 Å². The van der Waals surface area contributed by atoms with E-state index in [1.807, 2.05) is 13.1 Å². The van der Waals surface area contributed by atoms with Crippen LogP contribution < -0.4 is 0 Å². The molecule has 3 heteroatoms. The number of hydrogen-bond acceptors (Lipinski definition) is 2. The van der Waals surface area contributed by atoms with Gasteiger partial charge in [0.1, 0.15) is 0 Å². The van der Waals surface area contributed by atoms with Crippen LogP contribution in [0.5, 0.6) is 0 Å². The van der Waals surface area contributed by atoms with Crippen LogP contribution in [0.15, 0.2) is 16.6 Å². The molecule has 0 saturated heterocycles. The molecule has 0 radical (unpaired) electrons. The molecule has 1 aliphatic heterocycles. The third-order valence-corrected chi connectivity index (χ3v) is 2.08. The second-order valence-electron chi connectivity index (χ2n) is 3.05. The van der Waals surface area contributed by atoms with Gasteiger partial charge in [-0.1, -0.05) is 6.08 Å². The molecule has 0 fully saturated rings. The van der Waals surface area contributed by atoms with Gasteiger partial charge >= 0.3 is 0 Å². The maximum absolute atomic E-state index is 4.28. The van der Waals surface area contributed by atoms with E-state index in [0.29, 0.717) is 0 Å². The Kier molecular flexibility index (Phi) is 1.57. The zero-order valence-corrected chi connectivity index (χ0v) is 7.26. The molecular formula is C9H11N3. The van der Waals surface area contributed by atoms with Crippen LogP contribution in [0.2, 0.25) is 0 Å². The van der Waals surface area contributed by atoms with E-state index in [9.17, 15) is 0 Å². The van der Waals surface area contributed by atoms with Crippen LogP contribution in [-0.2, 0) is 6.42 Å². The molecule has 1 N–H and O–H groups in total. The van der Waals surface area contributed by atoms with Crippen molar-refractivity contribution in [3.05, 3.63) is 22.9 Å². The van der Waals surface area contributed by atoms with Crippen LogP contribution in [0, 0.1) is 6.92 Å². The maximum atomic E-state index is 4.28. The molecule has 0 saturated carbocycles. The second kappa shape index (κ2) is 2.59. The number of hydrogen-bond donors (Lipinski definition) is 1. The van der Waals surface area contributed by atoms with E-state index in [-0.39, 0.29) is 0 Å². The van der Waals surface area contributed by atoms with Gasteiger partial charge in [-0.15, -0.1) is 0 Å². The van der Waals surface area contributed by atoms with Gasteiger partial charge in [0.15, 0.2) is 5.82 Å². The van der Waals surface area contributed by atoms with Gasteiger partial charge in [0.05, 0.1) is 5.69 Å². The van der Waals surface area contributed by atoms with Crippen molar-refractivity contribution >= 4 is 12.0 Å². The Labute approximate surface area is 71.2 Å². The Morgan fingerprint density at radius 3 is 3.08 bits per heavy atom. The molecule has 0 aliphatic carbocycles. The van der Waals surface area contributed by atoms with Gasteiger partial charge in [0.2, 0.25) is 0 Å². The van der Waals surface area contributed by atoms with Crippen molar-refractivity contribution in [2.45, 2.75) is 20.3 Å². The summed E-state index contributed by atoms with van der Waals surface area (Å²) < 4.78 is 0. The van der Waals surface area contributed by atoms with Crippen LogP contribution >= 0.6 is 0 Å². The van der Waals surface area contributed by atoms with Crippen molar-refractivity contribution in [3.63, 3.8) is 0 Å². The quantitative estimate of drug-likeness (QED) is 0.620. The Morgan fingerprint density at radius 1 is 1.42 bits per heavy atom. The summed E-state index contributed by atoms with van der Waals surface area (Å²) in [6.45, 7) is 4.05. The van der Waals surface area contributed by atoms with Crippen molar-refractivity contribution in [3.8, 4) is 0 Å². The molecule has 12 heavy (non-hydrogen) atoms. The first kappa shape index (κ1) is 7.28. The molecule has 0 bridgehead atoms. The number of aliphatic imine (C=N–C) groups is 1. The number of aromatic nitrogens is 2. The lowest BCUT2D eigenvalue weighted by molar-refractivity contribution is 1.04. The highest BCUT2D eigenvalue weighted by atomic mass is 15.2. The average molecular weight is 161 g/mol.